The van der Waals surface area contributed by atoms with E-state index in [0.29, 0.717) is 12.2 Å². The molecule has 19 heavy (non-hydrogen) atoms. The number of hydrogen-bond acceptors (Lipinski definition) is 3. The van der Waals surface area contributed by atoms with E-state index in [1.165, 1.54) is 0 Å². The van der Waals surface area contributed by atoms with E-state index in [2.05, 4.69) is 5.43 Å². The van der Waals surface area contributed by atoms with Gasteiger partial charge in [-0.05, 0) is 36.2 Å². The molecule has 2 aromatic rings. The molecular formula is C15H16N2O2. The number of hydrogen-bond donors (Lipinski definition) is 2. The molecule has 1 amide bonds. The first-order valence-electron chi connectivity index (χ1n) is 5.99. The lowest BCUT2D eigenvalue weighted by atomic mass is 10.1. The van der Waals surface area contributed by atoms with E-state index in [4.69, 9.17) is 10.6 Å². The zero-order valence-electron chi connectivity index (χ0n) is 10.7. The molecule has 2 rings (SSSR count). The Morgan fingerprint density at radius 2 is 1.84 bits per heavy atom. The van der Waals surface area contributed by atoms with Crippen LogP contribution in [0, 0.1) is 6.92 Å². The largest absolute Gasteiger partial charge is 0.489 e. The second-order valence-electron chi connectivity index (χ2n) is 4.22. The molecule has 3 N–H and O–H groups in total. The van der Waals surface area contributed by atoms with Gasteiger partial charge in [0.25, 0.3) is 5.91 Å². The first kappa shape index (κ1) is 13.1. The summed E-state index contributed by atoms with van der Waals surface area (Å²) in [5, 5.41) is 0. The van der Waals surface area contributed by atoms with Gasteiger partial charge < -0.3 is 4.74 Å². The van der Waals surface area contributed by atoms with Crippen molar-refractivity contribution in [2.24, 2.45) is 5.84 Å². The summed E-state index contributed by atoms with van der Waals surface area (Å²) >= 11 is 0. The monoisotopic (exact) mass is 256 g/mol. The molecular weight excluding hydrogens is 240 g/mol. The Balaban J connectivity index is 2.01. The maximum atomic E-state index is 11.3. The fourth-order valence-corrected chi connectivity index (χ4v) is 1.72. The standard InChI is InChI=1S/C15H16N2O2/c1-11-4-2-3-5-14(11)19-10-12-6-8-13(9-7-12)15(18)17-16/h2-9H,10,16H2,1H3,(H,17,18). The molecule has 0 saturated heterocycles. The minimum absolute atomic E-state index is 0.300. The van der Waals surface area contributed by atoms with E-state index in [1.807, 2.05) is 43.3 Å². The fraction of sp³-hybridized carbons (Fsp3) is 0.133. The second kappa shape index (κ2) is 6.02. The number of hydrazine groups is 1. The number of para-hydroxylation sites is 1. The van der Waals surface area contributed by atoms with Crippen LogP contribution in [0.2, 0.25) is 0 Å². The molecule has 0 saturated carbocycles. The van der Waals surface area contributed by atoms with Gasteiger partial charge in [0.05, 0.1) is 0 Å². The Labute approximate surface area is 112 Å². The van der Waals surface area contributed by atoms with E-state index in [9.17, 15) is 4.79 Å². The zero-order chi connectivity index (χ0) is 13.7. The van der Waals surface area contributed by atoms with Crippen LogP contribution in [0.1, 0.15) is 21.5 Å². The molecule has 4 nitrogen and oxygen atoms in total. The van der Waals surface area contributed by atoms with Crippen LogP contribution >= 0.6 is 0 Å². The number of nitrogens with one attached hydrogen (secondary N) is 1. The molecule has 0 aliphatic carbocycles. The summed E-state index contributed by atoms with van der Waals surface area (Å²) in [6, 6.07) is 15.0. The highest BCUT2D eigenvalue weighted by atomic mass is 16.5. The highest BCUT2D eigenvalue weighted by molar-refractivity contribution is 5.93. The third-order valence-electron chi connectivity index (χ3n) is 2.84. The molecule has 0 radical (unpaired) electrons. The van der Waals surface area contributed by atoms with Crippen LogP contribution in [0.15, 0.2) is 48.5 Å². The van der Waals surface area contributed by atoms with Gasteiger partial charge in [-0.15, -0.1) is 0 Å². The van der Waals surface area contributed by atoms with Crippen LogP contribution in [0.5, 0.6) is 5.75 Å². The van der Waals surface area contributed by atoms with Gasteiger partial charge in [-0.3, -0.25) is 10.2 Å². The average Bonchev–Trinajstić information content (AvgIpc) is 2.46. The third kappa shape index (κ3) is 3.33. The van der Waals surface area contributed by atoms with Crippen molar-refractivity contribution in [2.75, 3.05) is 0 Å². The van der Waals surface area contributed by atoms with Crippen molar-refractivity contribution in [3.8, 4) is 5.75 Å². The van der Waals surface area contributed by atoms with Gasteiger partial charge in [-0.25, -0.2) is 5.84 Å². The van der Waals surface area contributed by atoms with Crippen molar-refractivity contribution in [1.29, 1.82) is 0 Å². The van der Waals surface area contributed by atoms with Gasteiger partial charge in [0.2, 0.25) is 0 Å². The summed E-state index contributed by atoms with van der Waals surface area (Å²) in [4.78, 5) is 11.3. The molecule has 0 heterocycles. The first-order chi connectivity index (χ1) is 9.20. The number of amides is 1. The highest BCUT2D eigenvalue weighted by Crippen LogP contribution is 2.18. The van der Waals surface area contributed by atoms with Crippen molar-refractivity contribution < 1.29 is 9.53 Å². The van der Waals surface area contributed by atoms with Crippen LogP contribution in [0.3, 0.4) is 0 Å². The number of benzene rings is 2. The Bertz CT molecular complexity index is 565. The summed E-state index contributed by atoms with van der Waals surface area (Å²) in [6.07, 6.45) is 0. The molecule has 0 atom stereocenters. The fourth-order valence-electron chi connectivity index (χ4n) is 1.72. The topological polar surface area (TPSA) is 64.3 Å². The number of nitrogen functional groups attached to an aromatic ring is 1. The molecule has 4 heteroatoms. The summed E-state index contributed by atoms with van der Waals surface area (Å²) < 4.78 is 5.72. The summed E-state index contributed by atoms with van der Waals surface area (Å²) in [5.74, 6) is 5.64. The second-order valence-corrected chi connectivity index (χ2v) is 4.22. The number of ether oxygens (including phenoxy) is 1. The van der Waals surface area contributed by atoms with Crippen molar-refractivity contribution in [3.05, 3.63) is 65.2 Å². The van der Waals surface area contributed by atoms with Gasteiger partial charge in [-0.1, -0.05) is 30.3 Å². The van der Waals surface area contributed by atoms with E-state index in [1.54, 1.807) is 12.1 Å². The molecule has 0 fully saturated rings. The quantitative estimate of drug-likeness (QED) is 0.500. The molecule has 0 aromatic heterocycles. The molecule has 0 aliphatic heterocycles. The van der Waals surface area contributed by atoms with E-state index in [-0.39, 0.29) is 5.91 Å². The normalized spacial score (nSPS) is 10.0. The molecule has 98 valence electrons. The van der Waals surface area contributed by atoms with Crippen LogP contribution in [0.4, 0.5) is 0 Å². The van der Waals surface area contributed by atoms with Crippen molar-refractivity contribution in [1.82, 2.24) is 5.43 Å². The lowest BCUT2D eigenvalue weighted by Crippen LogP contribution is -2.29. The van der Waals surface area contributed by atoms with Gasteiger partial charge in [0.15, 0.2) is 0 Å². The number of nitrogens with two attached hydrogens (primary N) is 1. The van der Waals surface area contributed by atoms with Crippen LogP contribution in [0.25, 0.3) is 0 Å². The van der Waals surface area contributed by atoms with Crippen LogP contribution in [-0.2, 0) is 6.61 Å². The van der Waals surface area contributed by atoms with Gasteiger partial charge >= 0.3 is 0 Å². The summed E-state index contributed by atoms with van der Waals surface area (Å²) in [6.45, 7) is 2.47. The van der Waals surface area contributed by atoms with E-state index < -0.39 is 0 Å². The number of aryl methyl sites for hydroxylation is 1. The third-order valence-corrected chi connectivity index (χ3v) is 2.84. The molecule has 0 aliphatic rings. The Kier molecular flexibility index (Phi) is 4.15. The Hall–Kier alpha value is -2.33. The number of carbonyl (C=O) groups excluding carboxylic acids is 1. The molecule has 0 bridgehead atoms. The lowest BCUT2D eigenvalue weighted by molar-refractivity contribution is 0.0953. The smallest absolute Gasteiger partial charge is 0.265 e. The van der Waals surface area contributed by atoms with Gasteiger partial charge in [-0.2, -0.15) is 0 Å². The minimum Gasteiger partial charge on any atom is -0.489 e. The maximum absolute atomic E-state index is 11.3. The summed E-state index contributed by atoms with van der Waals surface area (Å²) in [7, 11) is 0. The van der Waals surface area contributed by atoms with Crippen LogP contribution in [-0.4, -0.2) is 5.91 Å². The van der Waals surface area contributed by atoms with Gasteiger partial charge in [0, 0.05) is 5.56 Å². The predicted octanol–water partition coefficient (Wildman–Crippen LogP) is 2.18. The average molecular weight is 256 g/mol. The lowest BCUT2D eigenvalue weighted by Gasteiger charge is -2.09. The number of carbonyl (C=O) groups is 1. The van der Waals surface area contributed by atoms with Gasteiger partial charge in [0.1, 0.15) is 12.4 Å². The van der Waals surface area contributed by atoms with E-state index in [0.717, 1.165) is 16.9 Å². The Morgan fingerprint density at radius 3 is 2.47 bits per heavy atom. The molecule has 0 unspecified atom stereocenters. The van der Waals surface area contributed by atoms with Crippen molar-refractivity contribution in [2.45, 2.75) is 13.5 Å². The minimum atomic E-state index is -0.300. The first-order valence-corrected chi connectivity index (χ1v) is 5.99. The molecule has 0 spiro atoms. The highest BCUT2D eigenvalue weighted by Gasteiger charge is 2.03. The van der Waals surface area contributed by atoms with Crippen molar-refractivity contribution >= 4 is 5.91 Å². The predicted molar refractivity (Wildman–Crippen MR) is 73.6 cm³/mol. The van der Waals surface area contributed by atoms with Crippen molar-refractivity contribution in [3.63, 3.8) is 0 Å². The number of rotatable bonds is 4. The summed E-state index contributed by atoms with van der Waals surface area (Å²) in [5.41, 5.74) is 4.72. The zero-order valence-corrected chi connectivity index (χ0v) is 10.7. The maximum Gasteiger partial charge on any atom is 0.265 e. The van der Waals surface area contributed by atoms with Crippen LogP contribution < -0.4 is 16.0 Å². The SMILES string of the molecule is Cc1ccccc1OCc1ccc(C(=O)NN)cc1. The Morgan fingerprint density at radius 1 is 1.16 bits per heavy atom. The molecule has 2 aromatic carbocycles. The van der Waals surface area contributed by atoms with E-state index >= 15 is 0 Å².